The molecule has 1 fully saturated rings. The number of ether oxygens (including phenoxy) is 1. The first kappa shape index (κ1) is 22.2. The number of carbonyl (C=O) groups excluding carboxylic acids is 1. The highest BCUT2D eigenvalue weighted by atomic mass is 32.2. The number of nitrogens with zero attached hydrogens (tertiary/aromatic N) is 2. The fourth-order valence-electron chi connectivity index (χ4n) is 2.38. The molecule has 28 heavy (non-hydrogen) atoms. The van der Waals surface area contributed by atoms with Crippen molar-refractivity contribution in [3.8, 4) is 0 Å². The number of hydrogen-bond donors (Lipinski definition) is 0. The van der Waals surface area contributed by atoms with E-state index in [1.807, 2.05) is 0 Å². The topological polar surface area (TPSA) is 66.9 Å². The molecule has 1 heterocycles. The molecular weight excluding hydrogens is 425 g/mol. The van der Waals surface area contributed by atoms with Gasteiger partial charge in [-0.2, -0.15) is 30.6 Å². The lowest BCUT2D eigenvalue weighted by atomic mass is 10.3. The predicted molar refractivity (Wildman–Crippen MR) is 79.1 cm³/mol. The molecule has 2 rings (SSSR count). The monoisotopic (exact) mass is 438 g/mol. The van der Waals surface area contributed by atoms with Gasteiger partial charge in [-0.15, -0.1) is 0 Å². The third kappa shape index (κ3) is 5.04. The Bertz CT molecular complexity index is 804. The summed E-state index contributed by atoms with van der Waals surface area (Å²) >= 11 is 0. The van der Waals surface area contributed by atoms with Crippen LogP contribution in [0.3, 0.4) is 0 Å². The minimum Gasteiger partial charge on any atom is -0.426 e. The number of rotatable bonds is 3. The van der Waals surface area contributed by atoms with Crippen molar-refractivity contribution in [1.82, 2.24) is 9.21 Å². The van der Waals surface area contributed by atoms with Gasteiger partial charge in [0.25, 0.3) is 6.10 Å². The van der Waals surface area contributed by atoms with E-state index in [1.165, 1.54) is 0 Å². The number of carbonyl (C=O) groups is 1. The molecule has 1 aliphatic heterocycles. The standard InChI is InChI=1S/C14H13F7N2O4S/c15-9-2-1-3-10(8-9)28(25,26)23-6-4-22(5-7-23)12(24)27-11(13(16,17)18)14(19,20)21/h1-3,8,11H,4-7H2. The van der Waals surface area contributed by atoms with Crippen molar-refractivity contribution in [2.75, 3.05) is 26.2 Å². The van der Waals surface area contributed by atoms with Crippen LogP contribution in [-0.4, -0.2) is 68.4 Å². The van der Waals surface area contributed by atoms with Crippen LogP contribution < -0.4 is 0 Å². The van der Waals surface area contributed by atoms with Gasteiger partial charge in [0.15, 0.2) is 0 Å². The third-order valence-corrected chi connectivity index (χ3v) is 5.64. The Morgan fingerprint density at radius 2 is 1.54 bits per heavy atom. The molecule has 1 amide bonds. The number of halogens is 7. The van der Waals surface area contributed by atoms with Crippen LogP contribution in [0.2, 0.25) is 0 Å². The van der Waals surface area contributed by atoms with Crippen LogP contribution in [0.5, 0.6) is 0 Å². The second-order valence-electron chi connectivity index (χ2n) is 5.70. The second-order valence-corrected chi connectivity index (χ2v) is 7.63. The fraction of sp³-hybridized carbons (Fsp3) is 0.500. The molecule has 0 bridgehead atoms. The molecule has 6 nitrogen and oxygen atoms in total. The molecule has 1 aliphatic rings. The largest absolute Gasteiger partial charge is 0.434 e. The van der Waals surface area contributed by atoms with Gasteiger partial charge in [0.05, 0.1) is 4.90 Å². The molecule has 1 saturated heterocycles. The van der Waals surface area contributed by atoms with E-state index in [0.29, 0.717) is 4.90 Å². The Hall–Kier alpha value is -2.09. The Morgan fingerprint density at radius 3 is 2.00 bits per heavy atom. The number of benzene rings is 1. The minimum absolute atomic E-state index is 0.377. The first-order valence-corrected chi connectivity index (χ1v) is 9.01. The van der Waals surface area contributed by atoms with Crippen LogP contribution in [-0.2, 0) is 14.8 Å². The Balaban J connectivity index is 2.04. The Kier molecular flexibility index (Phi) is 6.13. The van der Waals surface area contributed by atoms with Gasteiger partial charge in [-0.1, -0.05) is 6.07 Å². The molecule has 0 radical (unpaired) electrons. The second kappa shape index (κ2) is 7.73. The highest BCUT2D eigenvalue weighted by Gasteiger charge is 2.60. The third-order valence-electron chi connectivity index (χ3n) is 3.74. The van der Waals surface area contributed by atoms with E-state index >= 15 is 0 Å². The van der Waals surface area contributed by atoms with Crippen LogP contribution >= 0.6 is 0 Å². The van der Waals surface area contributed by atoms with Crippen molar-refractivity contribution in [2.24, 2.45) is 0 Å². The lowest BCUT2D eigenvalue weighted by Crippen LogP contribution is -2.53. The van der Waals surface area contributed by atoms with E-state index in [0.717, 1.165) is 28.6 Å². The maximum atomic E-state index is 13.2. The van der Waals surface area contributed by atoms with Crippen molar-refractivity contribution in [2.45, 2.75) is 23.4 Å². The van der Waals surface area contributed by atoms with Crippen molar-refractivity contribution in [3.63, 3.8) is 0 Å². The summed E-state index contributed by atoms with van der Waals surface area (Å²) in [6.07, 6.45) is -17.9. The number of piperazine rings is 1. The predicted octanol–water partition coefficient (Wildman–Crippen LogP) is 2.76. The van der Waals surface area contributed by atoms with Crippen molar-refractivity contribution < 1.29 is 48.7 Å². The summed E-state index contributed by atoms with van der Waals surface area (Å²) in [6.45, 7) is -1.85. The Labute approximate surface area is 154 Å². The summed E-state index contributed by atoms with van der Waals surface area (Å²) < 4.78 is 117. The molecule has 1 aromatic carbocycles. The highest BCUT2D eigenvalue weighted by Crippen LogP contribution is 2.36. The van der Waals surface area contributed by atoms with Gasteiger partial charge in [-0.05, 0) is 18.2 Å². The van der Waals surface area contributed by atoms with Crippen molar-refractivity contribution >= 4 is 16.1 Å². The molecule has 0 aromatic heterocycles. The van der Waals surface area contributed by atoms with E-state index < -0.39 is 66.6 Å². The van der Waals surface area contributed by atoms with Gasteiger partial charge >= 0.3 is 18.4 Å². The molecule has 0 atom stereocenters. The van der Waals surface area contributed by atoms with Gasteiger partial charge in [0, 0.05) is 26.2 Å². The minimum atomic E-state index is -5.85. The average Bonchev–Trinajstić information content (AvgIpc) is 2.57. The van der Waals surface area contributed by atoms with Gasteiger partial charge in [0.1, 0.15) is 5.82 Å². The number of alkyl halides is 6. The molecular formula is C14H13F7N2O4S. The van der Waals surface area contributed by atoms with Crippen LogP contribution in [0.4, 0.5) is 35.5 Å². The summed E-state index contributed by atoms with van der Waals surface area (Å²) in [4.78, 5) is 11.8. The van der Waals surface area contributed by atoms with E-state index in [9.17, 15) is 43.9 Å². The molecule has 14 heteroatoms. The maximum absolute atomic E-state index is 13.2. The van der Waals surface area contributed by atoms with E-state index in [1.54, 1.807) is 0 Å². The summed E-state index contributed by atoms with van der Waals surface area (Å²) in [6, 6.07) is 4.05. The summed E-state index contributed by atoms with van der Waals surface area (Å²) in [5.41, 5.74) is 0. The summed E-state index contributed by atoms with van der Waals surface area (Å²) in [5.74, 6) is -0.811. The summed E-state index contributed by atoms with van der Waals surface area (Å²) in [5, 5.41) is 0. The van der Waals surface area contributed by atoms with E-state index in [2.05, 4.69) is 4.74 Å². The quantitative estimate of drug-likeness (QED) is 0.681. The average molecular weight is 438 g/mol. The number of hydrogen-bond acceptors (Lipinski definition) is 4. The zero-order valence-corrected chi connectivity index (χ0v) is 14.6. The normalized spacial score (nSPS) is 17.1. The van der Waals surface area contributed by atoms with Crippen LogP contribution in [0.15, 0.2) is 29.2 Å². The zero-order valence-electron chi connectivity index (χ0n) is 13.8. The number of amides is 1. The highest BCUT2D eigenvalue weighted by molar-refractivity contribution is 7.89. The number of sulfonamides is 1. The van der Waals surface area contributed by atoms with Crippen LogP contribution in [0, 0.1) is 5.82 Å². The van der Waals surface area contributed by atoms with E-state index in [-0.39, 0.29) is 4.90 Å². The smallest absolute Gasteiger partial charge is 0.426 e. The Morgan fingerprint density at radius 1 is 1.00 bits per heavy atom. The van der Waals surface area contributed by atoms with Gasteiger partial charge in [-0.25, -0.2) is 17.6 Å². The van der Waals surface area contributed by atoms with Crippen LogP contribution in [0.25, 0.3) is 0 Å². The van der Waals surface area contributed by atoms with Gasteiger partial charge in [-0.3, -0.25) is 0 Å². The summed E-state index contributed by atoms with van der Waals surface area (Å²) in [7, 11) is -4.15. The fourth-order valence-corrected chi connectivity index (χ4v) is 3.84. The molecule has 0 saturated carbocycles. The van der Waals surface area contributed by atoms with Gasteiger partial charge < -0.3 is 9.64 Å². The first-order valence-electron chi connectivity index (χ1n) is 7.57. The molecule has 0 unspecified atom stereocenters. The maximum Gasteiger partial charge on any atom is 0.434 e. The lowest BCUT2D eigenvalue weighted by Gasteiger charge is -2.34. The SMILES string of the molecule is O=C(OC(C(F)(F)F)C(F)(F)F)N1CCN(S(=O)(=O)c2cccc(F)c2)CC1. The van der Waals surface area contributed by atoms with Gasteiger partial charge in [0.2, 0.25) is 10.0 Å². The molecule has 1 aromatic rings. The lowest BCUT2D eigenvalue weighted by molar-refractivity contribution is -0.308. The van der Waals surface area contributed by atoms with Crippen molar-refractivity contribution in [1.29, 1.82) is 0 Å². The molecule has 0 spiro atoms. The molecule has 0 N–H and O–H groups in total. The van der Waals surface area contributed by atoms with Crippen LogP contribution in [0.1, 0.15) is 0 Å². The molecule has 0 aliphatic carbocycles. The van der Waals surface area contributed by atoms with E-state index in [4.69, 9.17) is 0 Å². The van der Waals surface area contributed by atoms with Crippen molar-refractivity contribution in [3.05, 3.63) is 30.1 Å². The zero-order chi connectivity index (χ0) is 21.3. The first-order chi connectivity index (χ1) is 12.7. The molecule has 158 valence electrons.